The molecule has 164 valence electrons. The van der Waals surface area contributed by atoms with Crippen LogP contribution in [-0.2, 0) is 4.79 Å². The molecule has 1 aliphatic rings. The first-order chi connectivity index (χ1) is 15.4. The molecule has 1 atom stereocenters. The van der Waals surface area contributed by atoms with Crippen LogP contribution in [0.25, 0.3) is 11.3 Å². The zero-order chi connectivity index (χ0) is 23.0. The zero-order valence-electron chi connectivity index (χ0n) is 17.2. The third kappa shape index (κ3) is 3.79. The Kier molecular flexibility index (Phi) is 6.28. The summed E-state index contributed by atoms with van der Waals surface area (Å²) in [4.78, 5) is 18.6. The van der Waals surface area contributed by atoms with Crippen LogP contribution in [0.15, 0.2) is 54.2 Å². The number of amides is 1. The fourth-order valence-corrected chi connectivity index (χ4v) is 4.88. The van der Waals surface area contributed by atoms with Crippen LogP contribution in [-0.4, -0.2) is 28.9 Å². The number of para-hydroxylation sites is 1. The van der Waals surface area contributed by atoms with Crippen LogP contribution in [0.1, 0.15) is 18.7 Å². The highest BCUT2D eigenvalue weighted by Gasteiger charge is 2.45. The predicted molar refractivity (Wildman–Crippen MR) is 122 cm³/mol. The molecule has 0 aliphatic carbocycles. The van der Waals surface area contributed by atoms with Crippen molar-refractivity contribution in [3.8, 4) is 22.9 Å². The number of thioether (sulfide) groups is 1. The number of carbonyl (C=O) groups excluding carboxylic acids is 1. The second kappa shape index (κ2) is 8.97. The van der Waals surface area contributed by atoms with E-state index in [0.717, 1.165) is 0 Å². The molecule has 2 aromatic carbocycles. The molecule has 0 fully saturated rings. The predicted octanol–water partition coefficient (Wildman–Crippen LogP) is 4.01. The van der Waals surface area contributed by atoms with Crippen molar-refractivity contribution in [3.05, 3.63) is 64.7 Å². The maximum atomic E-state index is 13.2. The number of carbonyl (C=O) groups is 1. The van der Waals surface area contributed by atoms with Gasteiger partial charge in [0.1, 0.15) is 5.75 Å². The normalized spacial score (nSPS) is 14.5. The number of halogens is 2. The van der Waals surface area contributed by atoms with Gasteiger partial charge >= 0.3 is 0 Å². The van der Waals surface area contributed by atoms with Gasteiger partial charge in [0.05, 0.1) is 34.8 Å². The Balaban J connectivity index is 2.09. The maximum absolute atomic E-state index is 13.2. The fraction of sp³-hybridized carbons (Fsp3) is 0.182. The summed E-state index contributed by atoms with van der Waals surface area (Å²) >= 11 is 14.0. The fourth-order valence-electron chi connectivity index (χ4n) is 3.74. The number of methoxy groups -OCH3 is 1. The molecular formula is C22H18Cl2N4O3S. The molecule has 1 amide bonds. The van der Waals surface area contributed by atoms with Gasteiger partial charge in [0, 0.05) is 22.8 Å². The van der Waals surface area contributed by atoms with E-state index in [4.69, 9.17) is 27.9 Å². The highest BCUT2D eigenvalue weighted by atomic mass is 35.5. The Labute approximate surface area is 199 Å². The number of benzene rings is 2. The van der Waals surface area contributed by atoms with Gasteiger partial charge in [-0.15, -0.1) is 6.58 Å². The topological polar surface area (TPSA) is 82.3 Å². The van der Waals surface area contributed by atoms with E-state index in [0.29, 0.717) is 33.3 Å². The second-order valence-electron chi connectivity index (χ2n) is 6.88. The number of hydrogen-bond acceptors (Lipinski definition) is 6. The number of fused-ring (bicyclic) bond motifs is 3. The van der Waals surface area contributed by atoms with Crippen molar-refractivity contribution >= 4 is 46.6 Å². The first-order valence-corrected chi connectivity index (χ1v) is 11.3. The summed E-state index contributed by atoms with van der Waals surface area (Å²) in [5, 5.41) is 18.7. The lowest BCUT2D eigenvalue weighted by molar-refractivity contribution is -0.764. The lowest BCUT2D eigenvalue weighted by atomic mass is 10.0. The molecule has 0 saturated heterocycles. The Hall–Kier alpha value is -2.81. The molecule has 0 N–H and O–H groups in total. The van der Waals surface area contributed by atoms with Crippen molar-refractivity contribution in [2.45, 2.75) is 18.2 Å². The Morgan fingerprint density at radius 2 is 2.12 bits per heavy atom. The molecule has 10 heteroatoms. The van der Waals surface area contributed by atoms with Crippen LogP contribution in [0.2, 0.25) is 10.0 Å². The van der Waals surface area contributed by atoms with Gasteiger partial charge in [-0.25, -0.2) is 9.88 Å². The molecule has 2 heterocycles. The minimum atomic E-state index is -0.873. The van der Waals surface area contributed by atoms with E-state index in [-0.39, 0.29) is 21.8 Å². The summed E-state index contributed by atoms with van der Waals surface area (Å²) in [6, 6.07) is 10.3. The number of anilines is 1. The van der Waals surface area contributed by atoms with Gasteiger partial charge in [0.25, 0.3) is 17.0 Å². The number of nitrogens with zero attached hydrogens (tertiary/aromatic N) is 4. The van der Waals surface area contributed by atoms with Gasteiger partial charge in [0.2, 0.25) is 5.91 Å². The van der Waals surface area contributed by atoms with Gasteiger partial charge in [-0.05, 0) is 24.3 Å². The molecule has 1 unspecified atom stereocenters. The summed E-state index contributed by atoms with van der Waals surface area (Å²) in [6.07, 6.45) is 0.819. The quantitative estimate of drug-likeness (QED) is 0.306. The van der Waals surface area contributed by atoms with Gasteiger partial charge in [-0.3, -0.25) is 4.79 Å². The van der Waals surface area contributed by atoms with Crippen molar-refractivity contribution in [3.63, 3.8) is 0 Å². The summed E-state index contributed by atoms with van der Waals surface area (Å²) in [5.41, 5.74) is 1.84. The monoisotopic (exact) mass is 488 g/mol. The third-order valence-corrected chi connectivity index (χ3v) is 6.24. The molecule has 7 nitrogen and oxygen atoms in total. The molecule has 4 rings (SSSR count). The van der Waals surface area contributed by atoms with E-state index in [2.05, 4.69) is 16.7 Å². The van der Waals surface area contributed by atoms with Crippen LogP contribution in [0.5, 0.6) is 11.6 Å². The zero-order valence-corrected chi connectivity index (χ0v) is 19.5. The number of ether oxygens (including phenoxy) is 1. The third-order valence-electron chi connectivity index (χ3n) is 4.91. The van der Waals surface area contributed by atoms with E-state index in [1.54, 1.807) is 47.4 Å². The molecule has 0 bridgehead atoms. The summed E-state index contributed by atoms with van der Waals surface area (Å²) < 4.78 is 7.05. The Morgan fingerprint density at radius 1 is 1.38 bits per heavy atom. The van der Waals surface area contributed by atoms with Crippen molar-refractivity contribution < 1.29 is 19.3 Å². The minimum absolute atomic E-state index is 0.254. The van der Waals surface area contributed by atoms with Gasteiger partial charge in [-0.1, -0.05) is 57.9 Å². The standard InChI is InChI=1S/C22H18Cl2N4O3S/c1-4-9-32-22-25-20(30)18-14-7-5-6-8-17(14)27(12(2)29)21(28(18)26-22)15-10-13(23)11-16(24)19(15)31-3/h4-8,10-11,21H,1,9H2,2-3H3. The maximum Gasteiger partial charge on any atom is 0.296 e. The van der Waals surface area contributed by atoms with Crippen molar-refractivity contribution in [2.24, 2.45) is 0 Å². The molecule has 1 aliphatic heterocycles. The van der Waals surface area contributed by atoms with E-state index >= 15 is 0 Å². The summed E-state index contributed by atoms with van der Waals surface area (Å²) in [7, 11) is 1.48. The lowest BCUT2D eigenvalue weighted by Gasteiger charge is -2.33. The lowest BCUT2D eigenvalue weighted by Crippen LogP contribution is -2.58. The molecular weight excluding hydrogens is 471 g/mol. The highest BCUT2D eigenvalue weighted by Crippen LogP contribution is 2.44. The molecule has 32 heavy (non-hydrogen) atoms. The van der Waals surface area contributed by atoms with Gasteiger partial charge < -0.3 is 9.84 Å². The van der Waals surface area contributed by atoms with Crippen LogP contribution < -0.4 is 19.4 Å². The first-order valence-electron chi connectivity index (χ1n) is 9.54. The summed E-state index contributed by atoms with van der Waals surface area (Å²) in [5.74, 6) is 0.129. The van der Waals surface area contributed by atoms with Crippen molar-refractivity contribution in [2.75, 3.05) is 17.8 Å². The van der Waals surface area contributed by atoms with Gasteiger partial charge in [-0.2, -0.15) is 0 Å². The van der Waals surface area contributed by atoms with E-state index < -0.39 is 12.0 Å². The van der Waals surface area contributed by atoms with E-state index in [9.17, 15) is 9.90 Å². The summed E-state index contributed by atoms with van der Waals surface area (Å²) in [6.45, 7) is 5.14. The van der Waals surface area contributed by atoms with E-state index in [1.807, 2.05) is 0 Å². The minimum Gasteiger partial charge on any atom is -0.854 e. The molecule has 0 saturated carbocycles. The Bertz CT molecular complexity index is 1240. The number of aromatic nitrogens is 3. The first kappa shape index (κ1) is 22.4. The largest absolute Gasteiger partial charge is 0.854 e. The average Bonchev–Trinajstić information content (AvgIpc) is 2.75. The molecule has 1 aromatic heterocycles. The molecule has 0 radical (unpaired) electrons. The SMILES string of the molecule is C=CCSc1nc([O-])c2[n+](n1)C(c1cc(Cl)cc(Cl)c1OC)N(C(C)=O)c1ccccc1-2. The van der Waals surface area contributed by atoms with Crippen LogP contribution in [0, 0.1) is 0 Å². The van der Waals surface area contributed by atoms with Crippen LogP contribution in [0.3, 0.4) is 0 Å². The van der Waals surface area contributed by atoms with E-state index in [1.165, 1.54) is 30.5 Å². The number of hydrogen-bond donors (Lipinski definition) is 0. The highest BCUT2D eigenvalue weighted by molar-refractivity contribution is 7.99. The van der Waals surface area contributed by atoms with Crippen LogP contribution in [0.4, 0.5) is 5.69 Å². The van der Waals surface area contributed by atoms with Crippen molar-refractivity contribution in [1.29, 1.82) is 0 Å². The second-order valence-corrected chi connectivity index (χ2v) is 8.71. The average molecular weight is 489 g/mol. The molecule has 0 spiro atoms. The van der Waals surface area contributed by atoms with Gasteiger partial charge in [0.15, 0.2) is 0 Å². The Morgan fingerprint density at radius 3 is 2.81 bits per heavy atom. The van der Waals surface area contributed by atoms with Crippen molar-refractivity contribution in [1.82, 2.24) is 10.1 Å². The smallest absolute Gasteiger partial charge is 0.296 e. The molecule has 3 aromatic rings. The van der Waals surface area contributed by atoms with Crippen LogP contribution >= 0.6 is 35.0 Å². The number of rotatable bonds is 5.